The van der Waals surface area contributed by atoms with Gasteiger partial charge in [-0.25, -0.2) is 0 Å². The number of nitro benzene ring substituents is 1. The van der Waals surface area contributed by atoms with E-state index in [2.05, 4.69) is 0 Å². The fourth-order valence-electron chi connectivity index (χ4n) is 5.60. The number of amidine groups is 1. The highest BCUT2D eigenvalue weighted by molar-refractivity contribution is 6.32. The molecule has 1 unspecified atom stereocenters. The van der Waals surface area contributed by atoms with Crippen LogP contribution in [0.2, 0.25) is 5.02 Å². The molecule has 8 heteroatoms. The first kappa shape index (κ1) is 26.4. The maximum absolute atomic E-state index is 14.0. The molecular weight excluding hydrogens is 514 g/mol. The third kappa shape index (κ3) is 4.63. The lowest BCUT2D eigenvalue weighted by atomic mass is 9.67. The number of nitrogens with zero attached hydrogens (tertiary/aromatic N) is 2. The predicted molar refractivity (Wildman–Crippen MR) is 153 cm³/mol. The summed E-state index contributed by atoms with van der Waals surface area (Å²) in [6.45, 7) is 5.80. The minimum absolute atomic E-state index is 0.0610. The van der Waals surface area contributed by atoms with E-state index in [1.165, 1.54) is 12.1 Å². The lowest BCUT2D eigenvalue weighted by Crippen LogP contribution is -2.45. The largest absolute Gasteiger partial charge is 0.507 e. The van der Waals surface area contributed by atoms with Crippen LogP contribution in [-0.2, 0) is 4.79 Å². The van der Waals surface area contributed by atoms with E-state index < -0.39 is 16.3 Å². The molecule has 0 fully saturated rings. The molecule has 1 aliphatic heterocycles. The molecule has 0 saturated carbocycles. The second-order valence-electron chi connectivity index (χ2n) is 10.8. The van der Waals surface area contributed by atoms with Crippen LogP contribution >= 0.6 is 11.6 Å². The molecule has 1 heterocycles. The summed E-state index contributed by atoms with van der Waals surface area (Å²) in [6, 6.07) is 20.5. The number of anilines is 1. The smallest absolute Gasteiger partial charge is 0.271 e. The van der Waals surface area contributed by atoms with Gasteiger partial charge in [0.05, 0.1) is 10.6 Å². The van der Waals surface area contributed by atoms with Gasteiger partial charge < -0.3 is 5.11 Å². The summed E-state index contributed by atoms with van der Waals surface area (Å²) in [5, 5.41) is 33.4. The summed E-state index contributed by atoms with van der Waals surface area (Å²) in [6.07, 6.45) is 0.736. The number of aliphatic hydroxyl groups excluding tert-OH is 1. The molecule has 5 rings (SSSR count). The van der Waals surface area contributed by atoms with E-state index in [0.29, 0.717) is 45.1 Å². The molecule has 0 aromatic heterocycles. The van der Waals surface area contributed by atoms with E-state index in [1.54, 1.807) is 47.4 Å². The van der Waals surface area contributed by atoms with Gasteiger partial charge in [-0.1, -0.05) is 80.0 Å². The zero-order valence-electron chi connectivity index (χ0n) is 21.9. The van der Waals surface area contributed by atoms with Gasteiger partial charge >= 0.3 is 0 Å². The number of hydrogen-bond donors (Lipinski definition) is 2. The normalized spacial score (nSPS) is 20.1. The number of halogens is 1. The predicted octanol–water partition coefficient (Wildman–Crippen LogP) is 7.75. The number of hydrogen-bond acceptors (Lipinski definition) is 5. The monoisotopic (exact) mass is 541 g/mol. The van der Waals surface area contributed by atoms with Crippen molar-refractivity contribution in [2.75, 3.05) is 4.90 Å². The molecule has 1 atom stereocenters. The molecule has 1 aliphatic carbocycles. The molecule has 3 aromatic carbocycles. The number of ketones is 1. The lowest BCUT2D eigenvalue weighted by molar-refractivity contribution is -0.384. The van der Waals surface area contributed by atoms with Crippen LogP contribution in [0.4, 0.5) is 11.4 Å². The first-order valence-corrected chi connectivity index (χ1v) is 13.0. The van der Waals surface area contributed by atoms with E-state index in [-0.39, 0.29) is 35.1 Å². The number of carbonyl (C=O) groups excluding carboxylic acids is 1. The minimum Gasteiger partial charge on any atom is -0.507 e. The Balaban J connectivity index is 1.90. The van der Waals surface area contributed by atoms with Crippen molar-refractivity contribution in [3.05, 3.63) is 121 Å². The van der Waals surface area contributed by atoms with Gasteiger partial charge in [0.1, 0.15) is 11.6 Å². The first-order chi connectivity index (χ1) is 18.5. The molecule has 2 aliphatic rings. The fraction of sp³-hybridized carbons (Fsp3) is 0.226. The number of nitro groups is 1. The molecule has 0 amide bonds. The number of nitrogens with one attached hydrogen (secondary N) is 1. The molecule has 39 heavy (non-hydrogen) atoms. The third-order valence-corrected chi connectivity index (χ3v) is 7.73. The summed E-state index contributed by atoms with van der Waals surface area (Å²) in [4.78, 5) is 26.8. The second-order valence-corrected chi connectivity index (χ2v) is 11.2. The summed E-state index contributed by atoms with van der Waals surface area (Å²) in [7, 11) is 0. The molecule has 2 N–H and O–H groups in total. The highest BCUT2D eigenvalue weighted by Crippen LogP contribution is 2.52. The van der Waals surface area contributed by atoms with E-state index in [1.807, 2.05) is 39.0 Å². The van der Waals surface area contributed by atoms with Crippen LogP contribution in [-0.4, -0.2) is 21.6 Å². The topological polar surface area (TPSA) is 108 Å². The van der Waals surface area contributed by atoms with Gasteiger partial charge in [-0.3, -0.25) is 25.2 Å². The highest BCUT2D eigenvalue weighted by Gasteiger charge is 2.47. The van der Waals surface area contributed by atoms with Gasteiger partial charge in [0.2, 0.25) is 0 Å². The van der Waals surface area contributed by atoms with Crippen molar-refractivity contribution in [1.82, 2.24) is 0 Å². The number of rotatable bonds is 4. The zero-order valence-corrected chi connectivity index (χ0v) is 22.6. The van der Waals surface area contributed by atoms with Crippen LogP contribution in [0.5, 0.6) is 0 Å². The number of Topliss-reactive ketones (excluding diaryl/α,β-unsaturated/α-hetero) is 1. The van der Waals surface area contributed by atoms with Gasteiger partial charge in [-0.05, 0) is 36.0 Å². The fourth-order valence-corrected chi connectivity index (χ4v) is 5.85. The quantitative estimate of drug-likeness (QED) is 0.199. The van der Waals surface area contributed by atoms with Crippen molar-refractivity contribution < 1.29 is 14.8 Å². The van der Waals surface area contributed by atoms with Crippen LogP contribution < -0.4 is 4.90 Å². The number of aryl methyl sites for hydroxylation is 1. The number of carbonyl (C=O) groups is 1. The Bertz CT molecular complexity index is 1590. The molecule has 0 saturated heterocycles. The van der Waals surface area contributed by atoms with E-state index in [4.69, 9.17) is 11.6 Å². The van der Waals surface area contributed by atoms with Crippen molar-refractivity contribution in [3.63, 3.8) is 0 Å². The molecule has 7 nitrogen and oxygen atoms in total. The van der Waals surface area contributed by atoms with Gasteiger partial charge in [-0.2, -0.15) is 0 Å². The van der Waals surface area contributed by atoms with Crippen molar-refractivity contribution >= 4 is 40.4 Å². The Hall–Kier alpha value is -4.23. The number of allylic oxidation sites excluding steroid dienone is 2. The first-order valence-electron chi connectivity index (χ1n) is 12.6. The number of aliphatic hydroxyl groups is 1. The van der Waals surface area contributed by atoms with Crippen LogP contribution in [0.1, 0.15) is 49.3 Å². The lowest BCUT2D eigenvalue weighted by Gasteiger charge is -2.45. The Morgan fingerprint density at radius 1 is 1.08 bits per heavy atom. The summed E-state index contributed by atoms with van der Waals surface area (Å²) >= 11 is 6.69. The average molecular weight is 542 g/mol. The molecule has 0 radical (unpaired) electrons. The van der Waals surface area contributed by atoms with Crippen LogP contribution in [0.15, 0.2) is 89.6 Å². The Labute approximate surface area is 231 Å². The van der Waals surface area contributed by atoms with Crippen molar-refractivity contribution in [1.29, 1.82) is 5.41 Å². The van der Waals surface area contributed by atoms with Crippen molar-refractivity contribution in [2.45, 2.75) is 39.5 Å². The molecular formula is C31H28ClN3O4. The maximum Gasteiger partial charge on any atom is 0.271 e. The van der Waals surface area contributed by atoms with Crippen LogP contribution in [0, 0.1) is 27.9 Å². The zero-order chi connectivity index (χ0) is 28.1. The molecule has 3 aromatic rings. The van der Waals surface area contributed by atoms with Gasteiger partial charge in [0.25, 0.3) is 5.69 Å². The standard InChI is InChI=1S/C31H28ClN3O4/c1-18-13-14-20(35(38)39)15-23(18)34-24-16-31(2,3)17-25(36)27(24)26(21-11-7-8-12-22(21)32)28(30(34)33)29(37)19-9-5-4-6-10-19/h4-15,26,33,37H,16-17H2,1-3H3/b29-28+,33-30?. The molecule has 0 spiro atoms. The Morgan fingerprint density at radius 3 is 2.41 bits per heavy atom. The SMILES string of the molecule is Cc1ccc([N+](=O)[O-])cc1N1C(=N)/C(=C(/O)c2ccccc2)C(c2ccccc2Cl)C2=C1CC(C)(C)CC2=O. The number of benzene rings is 3. The van der Waals surface area contributed by atoms with Gasteiger partial charge in [-0.15, -0.1) is 0 Å². The third-order valence-electron chi connectivity index (χ3n) is 7.39. The van der Waals surface area contributed by atoms with E-state index in [9.17, 15) is 25.4 Å². The van der Waals surface area contributed by atoms with Gasteiger partial charge in [0, 0.05) is 51.9 Å². The maximum atomic E-state index is 14.0. The second kappa shape index (κ2) is 9.82. The van der Waals surface area contributed by atoms with E-state index >= 15 is 0 Å². The van der Waals surface area contributed by atoms with Crippen molar-refractivity contribution in [3.8, 4) is 0 Å². The molecule has 0 bridgehead atoms. The summed E-state index contributed by atoms with van der Waals surface area (Å²) < 4.78 is 0. The average Bonchev–Trinajstić information content (AvgIpc) is 2.88. The Kier molecular flexibility index (Phi) is 6.64. The van der Waals surface area contributed by atoms with Crippen molar-refractivity contribution in [2.24, 2.45) is 5.41 Å². The minimum atomic E-state index is -0.791. The Morgan fingerprint density at radius 2 is 1.74 bits per heavy atom. The summed E-state index contributed by atoms with van der Waals surface area (Å²) in [5.74, 6) is -1.11. The van der Waals surface area contributed by atoms with Crippen LogP contribution in [0.25, 0.3) is 5.76 Å². The summed E-state index contributed by atoms with van der Waals surface area (Å²) in [5.41, 5.74) is 2.93. The number of non-ortho nitro benzene ring substituents is 1. The van der Waals surface area contributed by atoms with Gasteiger partial charge in [0.15, 0.2) is 5.78 Å². The molecule has 198 valence electrons. The van der Waals surface area contributed by atoms with E-state index in [0.717, 1.165) is 0 Å². The van der Waals surface area contributed by atoms with Crippen LogP contribution in [0.3, 0.4) is 0 Å². The highest BCUT2D eigenvalue weighted by atomic mass is 35.5.